The van der Waals surface area contributed by atoms with Crippen molar-refractivity contribution in [1.29, 1.82) is 0 Å². The van der Waals surface area contributed by atoms with Gasteiger partial charge in [-0.25, -0.2) is 8.42 Å². The Bertz CT molecular complexity index is 1340. The van der Waals surface area contributed by atoms with Crippen molar-refractivity contribution in [3.05, 3.63) is 84.9 Å². The molecule has 6 nitrogen and oxygen atoms in total. The average Bonchev–Trinajstić information content (AvgIpc) is 2.84. The maximum Gasteiger partial charge on any atom is 0.243 e. The van der Waals surface area contributed by atoms with Gasteiger partial charge in [0.25, 0.3) is 0 Å². The van der Waals surface area contributed by atoms with Crippen LogP contribution in [0.5, 0.6) is 0 Å². The van der Waals surface area contributed by atoms with Gasteiger partial charge < -0.3 is 4.90 Å². The van der Waals surface area contributed by atoms with Gasteiger partial charge in [0.2, 0.25) is 10.0 Å². The number of rotatable bonds is 4. The van der Waals surface area contributed by atoms with E-state index in [-0.39, 0.29) is 6.04 Å². The molecule has 1 fully saturated rings. The van der Waals surface area contributed by atoms with Gasteiger partial charge >= 0.3 is 0 Å². The predicted molar refractivity (Wildman–Crippen MR) is 127 cm³/mol. The maximum absolute atomic E-state index is 13.1. The average molecular weight is 445 g/mol. The third kappa shape index (κ3) is 3.63. The molecule has 0 N–H and O–H groups in total. The van der Waals surface area contributed by atoms with Gasteiger partial charge in [-0.2, -0.15) is 4.31 Å². The smallest absolute Gasteiger partial charge is 0.243 e. The van der Waals surface area contributed by atoms with Crippen LogP contribution in [-0.2, 0) is 10.0 Å². The fraction of sp³-hybridized carbons (Fsp3) is 0.200. The van der Waals surface area contributed by atoms with Crippen LogP contribution in [0.2, 0.25) is 0 Å². The molecular weight excluding hydrogens is 420 g/mol. The maximum atomic E-state index is 13.1. The molecule has 0 aliphatic carbocycles. The van der Waals surface area contributed by atoms with Crippen LogP contribution < -0.4 is 4.90 Å². The fourth-order valence-corrected chi connectivity index (χ4v) is 5.99. The molecule has 1 aliphatic rings. The molecule has 7 heteroatoms. The largest absolute Gasteiger partial charge is 0.352 e. The zero-order valence-corrected chi connectivity index (χ0v) is 18.6. The van der Waals surface area contributed by atoms with E-state index in [1.165, 1.54) is 0 Å². The van der Waals surface area contributed by atoms with Gasteiger partial charge in [0.1, 0.15) is 5.69 Å². The Labute approximate surface area is 188 Å². The highest BCUT2D eigenvalue weighted by Gasteiger charge is 2.34. The molecule has 0 radical (unpaired) electrons. The second-order valence-corrected chi connectivity index (χ2v) is 9.90. The van der Waals surface area contributed by atoms with Gasteiger partial charge in [-0.15, -0.1) is 10.2 Å². The minimum Gasteiger partial charge on any atom is -0.352 e. The van der Waals surface area contributed by atoms with Crippen LogP contribution in [0.1, 0.15) is 6.92 Å². The molecule has 0 spiro atoms. The van der Waals surface area contributed by atoms with Crippen molar-refractivity contribution in [2.24, 2.45) is 0 Å². The Morgan fingerprint density at radius 3 is 2.09 bits per heavy atom. The topological polar surface area (TPSA) is 66.4 Å². The molecule has 3 aromatic carbocycles. The summed E-state index contributed by atoms with van der Waals surface area (Å²) in [6, 6.07) is 26.6. The summed E-state index contributed by atoms with van der Waals surface area (Å²) in [7, 11) is -3.53. The van der Waals surface area contributed by atoms with Crippen LogP contribution in [0.15, 0.2) is 89.8 Å². The Morgan fingerprint density at radius 1 is 0.781 bits per heavy atom. The summed E-state index contributed by atoms with van der Waals surface area (Å²) in [5.74, 6) is 0.795. The summed E-state index contributed by atoms with van der Waals surface area (Å²) in [4.78, 5) is 2.48. The molecule has 0 amide bonds. The molecule has 1 atom stereocenters. The number of nitrogens with zero attached hydrogens (tertiary/aromatic N) is 4. The molecule has 0 saturated carbocycles. The first-order chi connectivity index (χ1) is 15.6. The molecule has 1 aromatic heterocycles. The Morgan fingerprint density at radius 2 is 1.41 bits per heavy atom. The van der Waals surface area contributed by atoms with Crippen LogP contribution in [0, 0.1) is 0 Å². The summed E-state index contributed by atoms with van der Waals surface area (Å²) in [5, 5.41) is 11.2. The first-order valence-corrected chi connectivity index (χ1v) is 12.1. The lowest BCUT2D eigenvalue weighted by Crippen LogP contribution is -2.54. The van der Waals surface area contributed by atoms with Crippen molar-refractivity contribution in [2.45, 2.75) is 17.9 Å². The Balaban J connectivity index is 1.47. The lowest BCUT2D eigenvalue weighted by Gasteiger charge is -2.39. The third-order valence-electron chi connectivity index (χ3n) is 5.93. The molecule has 32 heavy (non-hydrogen) atoms. The van der Waals surface area contributed by atoms with Crippen molar-refractivity contribution < 1.29 is 8.42 Å². The van der Waals surface area contributed by atoms with Crippen molar-refractivity contribution in [3.63, 3.8) is 0 Å². The van der Waals surface area contributed by atoms with E-state index in [0.29, 0.717) is 24.5 Å². The third-order valence-corrected chi connectivity index (χ3v) is 7.96. The molecule has 5 rings (SSSR count). The fourth-order valence-electron chi connectivity index (χ4n) is 4.35. The van der Waals surface area contributed by atoms with E-state index in [2.05, 4.69) is 27.2 Å². The minimum atomic E-state index is -3.53. The SMILES string of the molecule is CC1CN(c2nnc(-c3ccccc3)c3ccccc23)CCN1S(=O)(=O)c1ccccc1. The highest BCUT2D eigenvalue weighted by Crippen LogP contribution is 2.32. The summed E-state index contributed by atoms with van der Waals surface area (Å²) in [5.41, 5.74) is 1.87. The molecule has 1 unspecified atom stereocenters. The Hall–Kier alpha value is -3.29. The lowest BCUT2D eigenvalue weighted by molar-refractivity contribution is 0.306. The van der Waals surface area contributed by atoms with Gasteiger partial charge in [-0.05, 0) is 19.1 Å². The summed E-state index contributed by atoms with van der Waals surface area (Å²) >= 11 is 0. The number of sulfonamides is 1. The van der Waals surface area contributed by atoms with Crippen LogP contribution >= 0.6 is 0 Å². The standard InChI is InChI=1S/C25H24N4O2S/c1-19-18-28(16-17-29(19)32(30,31)21-12-6-3-7-13-21)25-23-15-9-8-14-22(23)24(26-27-25)20-10-4-2-5-11-20/h2-15,19H,16-18H2,1H3. The number of hydrogen-bond acceptors (Lipinski definition) is 5. The van der Waals surface area contributed by atoms with Gasteiger partial charge in [0.05, 0.1) is 4.90 Å². The molecule has 162 valence electrons. The number of anilines is 1. The lowest BCUT2D eigenvalue weighted by atomic mass is 10.0. The van der Waals surface area contributed by atoms with Crippen LogP contribution in [0.3, 0.4) is 0 Å². The monoisotopic (exact) mass is 444 g/mol. The van der Waals surface area contributed by atoms with E-state index >= 15 is 0 Å². The van der Waals surface area contributed by atoms with Gasteiger partial charge in [0.15, 0.2) is 5.82 Å². The normalized spacial score (nSPS) is 17.5. The van der Waals surface area contributed by atoms with Crippen molar-refractivity contribution in [3.8, 4) is 11.3 Å². The highest BCUT2D eigenvalue weighted by molar-refractivity contribution is 7.89. The molecule has 0 bridgehead atoms. The Kier molecular flexibility index (Phi) is 5.36. The zero-order valence-electron chi connectivity index (χ0n) is 17.8. The van der Waals surface area contributed by atoms with Gasteiger partial charge in [0, 0.05) is 42.0 Å². The second kappa shape index (κ2) is 8.33. The number of fused-ring (bicyclic) bond motifs is 1. The summed E-state index contributed by atoms with van der Waals surface area (Å²) in [6.45, 7) is 3.45. The van der Waals surface area contributed by atoms with E-state index in [1.807, 2.05) is 55.5 Å². The van der Waals surface area contributed by atoms with E-state index < -0.39 is 10.0 Å². The van der Waals surface area contributed by atoms with E-state index in [1.54, 1.807) is 28.6 Å². The van der Waals surface area contributed by atoms with Gasteiger partial charge in [-0.1, -0.05) is 72.8 Å². The van der Waals surface area contributed by atoms with Crippen molar-refractivity contribution in [2.75, 3.05) is 24.5 Å². The minimum absolute atomic E-state index is 0.191. The number of piperazine rings is 1. The summed E-state index contributed by atoms with van der Waals surface area (Å²) < 4.78 is 27.9. The molecule has 1 saturated heterocycles. The van der Waals surface area contributed by atoms with Crippen molar-refractivity contribution in [1.82, 2.24) is 14.5 Å². The zero-order chi connectivity index (χ0) is 22.1. The van der Waals surface area contributed by atoms with Crippen molar-refractivity contribution >= 4 is 26.6 Å². The number of benzene rings is 3. The van der Waals surface area contributed by atoms with E-state index in [0.717, 1.165) is 27.8 Å². The van der Waals surface area contributed by atoms with Gasteiger partial charge in [-0.3, -0.25) is 0 Å². The second-order valence-electron chi connectivity index (χ2n) is 8.01. The highest BCUT2D eigenvalue weighted by atomic mass is 32.2. The quantitative estimate of drug-likeness (QED) is 0.472. The van der Waals surface area contributed by atoms with Crippen LogP contribution in [0.25, 0.3) is 22.0 Å². The first kappa shape index (κ1) is 20.6. The molecular formula is C25H24N4O2S. The molecule has 1 aliphatic heterocycles. The van der Waals surface area contributed by atoms with Crippen LogP contribution in [-0.4, -0.2) is 48.6 Å². The number of aromatic nitrogens is 2. The van der Waals surface area contributed by atoms with E-state index in [4.69, 9.17) is 0 Å². The molecule has 2 heterocycles. The summed E-state index contributed by atoms with van der Waals surface area (Å²) in [6.07, 6.45) is 0. The van der Waals surface area contributed by atoms with E-state index in [9.17, 15) is 8.42 Å². The first-order valence-electron chi connectivity index (χ1n) is 10.7. The molecule has 4 aromatic rings. The predicted octanol–water partition coefficient (Wildman–Crippen LogP) is 4.20. The van der Waals surface area contributed by atoms with Crippen LogP contribution in [0.4, 0.5) is 5.82 Å². The number of hydrogen-bond donors (Lipinski definition) is 0.